The van der Waals surface area contributed by atoms with E-state index in [0.29, 0.717) is 24.6 Å². The first kappa shape index (κ1) is 21.3. The summed E-state index contributed by atoms with van der Waals surface area (Å²) in [6, 6.07) is 5.19. The van der Waals surface area contributed by atoms with E-state index in [1.165, 1.54) is 43.5 Å². The summed E-state index contributed by atoms with van der Waals surface area (Å²) in [4.78, 5) is 15.1. The second kappa shape index (κ2) is 8.08. The molecule has 2 heterocycles. The molecule has 6 nitrogen and oxygen atoms in total. The summed E-state index contributed by atoms with van der Waals surface area (Å²) in [5.41, 5.74) is 0.354. The molecule has 1 saturated heterocycles. The van der Waals surface area contributed by atoms with Gasteiger partial charge in [-0.1, -0.05) is 19.3 Å². The van der Waals surface area contributed by atoms with Crippen molar-refractivity contribution in [2.75, 3.05) is 13.1 Å². The average molecular weight is 448 g/mol. The van der Waals surface area contributed by atoms with Gasteiger partial charge in [-0.3, -0.25) is 4.79 Å². The highest BCUT2D eigenvalue weighted by atomic mass is 19.4. The highest BCUT2D eigenvalue weighted by Gasteiger charge is 2.50. The number of rotatable bonds is 5. The minimum Gasteiger partial charge on any atom is -0.406 e. The summed E-state index contributed by atoms with van der Waals surface area (Å²) in [7, 11) is 0. The molecule has 1 aromatic carbocycles. The van der Waals surface area contributed by atoms with E-state index in [1.807, 2.05) is 11.2 Å². The lowest BCUT2D eigenvalue weighted by molar-refractivity contribution is -0.274. The van der Waals surface area contributed by atoms with E-state index >= 15 is 0 Å². The lowest BCUT2D eigenvalue weighted by Crippen LogP contribution is -2.34. The topological polar surface area (TPSA) is 60.2 Å². The molecule has 3 aliphatic rings. The third kappa shape index (κ3) is 4.34. The van der Waals surface area contributed by atoms with E-state index in [1.54, 1.807) is 0 Å². The molecule has 1 aromatic heterocycles. The van der Waals surface area contributed by atoms with E-state index in [0.717, 1.165) is 38.1 Å². The van der Waals surface area contributed by atoms with Crippen LogP contribution in [0.4, 0.5) is 13.2 Å². The molecule has 2 aromatic rings. The fourth-order valence-corrected chi connectivity index (χ4v) is 5.48. The van der Waals surface area contributed by atoms with E-state index in [-0.39, 0.29) is 23.0 Å². The molecule has 2 saturated carbocycles. The van der Waals surface area contributed by atoms with Gasteiger partial charge >= 0.3 is 6.36 Å². The van der Waals surface area contributed by atoms with Crippen molar-refractivity contribution in [3.8, 4) is 5.75 Å². The van der Waals surface area contributed by atoms with Gasteiger partial charge in [-0.25, -0.2) is 0 Å². The Labute approximate surface area is 184 Å². The number of amides is 1. The molecule has 1 atom stereocenters. The molecular weight excluding hydrogens is 421 g/mol. The Kier molecular flexibility index (Phi) is 5.37. The largest absolute Gasteiger partial charge is 0.573 e. The number of ether oxygens (including phenoxy) is 1. The van der Waals surface area contributed by atoms with Crippen molar-refractivity contribution in [3.63, 3.8) is 0 Å². The smallest absolute Gasteiger partial charge is 0.406 e. The minimum absolute atomic E-state index is 0.0123. The fraction of sp³-hybridized carbons (Fsp3) is 0.609. The third-order valence-electron chi connectivity index (χ3n) is 7.23. The Hall–Kier alpha value is -2.58. The van der Waals surface area contributed by atoms with Crippen LogP contribution in [0.25, 0.3) is 0 Å². The highest BCUT2D eigenvalue weighted by molar-refractivity contribution is 5.94. The quantitative estimate of drug-likeness (QED) is 0.661. The lowest BCUT2D eigenvalue weighted by Gasteiger charge is -2.37. The van der Waals surface area contributed by atoms with E-state index in [2.05, 4.69) is 19.5 Å². The van der Waals surface area contributed by atoms with E-state index in [9.17, 15) is 18.0 Å². The van der Waals surface area contributed by atoms with Crippen LogP contribution in [0.1, 0.15) is 67.0 Å². The summed E-state index contributed by atoms with van der Waals surface area (Å²) in [6.07, 6.45) is 5.13. The van der Waals surface area contributed by atoms with Gasteiger partial charge in [0.2, 0.25) is 0 Å². The van der Waals surface area contributed by atoms with Crippen molar-refractivity contribution in [1.29, 1.82) is 0 Å². The van der Waals surface area contributed by atoms with Gasteiger partial charge in [0.1, 0.15) is 17.9 Å². The number of carbonyl (C=O) groups is 1. The van der Waals surface area contributed by atoms with E-state index < -0.39 is 6.36 Å². The number of aromatic nitrogens is 3. The summed E-state index contributed by atoms with van der Waals surface area (Å²) < 4.78 is 43.4. The molecular formula is C23H27F3N4O2. The van der Waals surface area contributed by atoms with Gasteiger partial charge in [0, 0.05) is 31.1 Å². The Morgan fingerprint density at radius 2 is 1.84 bits per heavy atom. The number of likely N-dealkylation sites (tertiary alicyclic amines) is 1. The molecule has 0 bridgehead atoms. The predicted octanol–water partition coefficient (Wildman–Crippen LogP) is 4.78. The molecule has 0 radical (unpaired) electrons. The molecule has 9 heteroatoms. The van der Waals surface area contributed by atoms with E-state index in [4.69, 9.17) is 0 Å². The van der Waals surface area contributed by atoms with Crippen molar-refractivity contribution < 1.29 is 22.7 Å². The van der Waals surface area contributed by atoms with Crippen LogP contribution in [-0.2, 0) is 6.54 Å². The zero-order chi connectivity index (χ0) is 22.3. The molecule has 1 unspecified atom stereocenters. The van der Waals surface area contributed by atoms with Crippen LogP contribution in [0.2, 0.25) is 0 Å². The molecule has 32 heavy (non-hydrogen) atoms. The number of hydrogen-bond donors (Lipinski definition) is 0. The maximum atomic E-state index is 13.3. The van der Waals surface area contributed by atoms with Crippen molar-refractivity contribution >= 4 is 5.91 Å². The van der Waals surface area contributed by atoms with Gasteiger partial charge in [0.05, 0.1) is 0 Å². The van der Waals surface area contributed by atoms with Gasteiger partial charge in [-0.15, -0.1) is 23.4 Å². The van der Waals surface area contributed by atoms with Gasteiger partial charge < -0.3 is 14.2 Å². The summed E-state index contributed by atoms with van der Waals surface area (Å²) in [6.45, 7) is 2.14. The van der Waals surface area contributed by atoms with Crippen molar-refractivity contribution in [2.45, 2.75) is 63.8 Å². The first-order valence-electron chi connectivity index (χ1n) is 11.4. The maximum Gasteiger partial charge on any atom is 0.573 e. The number of alkyl halides is 3. The Bertz CT molecular complexity index is 962. The first-order chi connectivity index (χ1) is 15.3. The van der Waals surface area contributed by atoms with Crippen LogP contribution < -0.4 is 4.74 Å². The summed E-state index contributed by atoms with van der Waals surface area (Å²) in [5, 5.41) is 8.69. The van der Waals surface area contributed by atoms with Crippen molar-refractivity contribution in [2.24, 2.45) is 11.3 Å². The lowest BCUT2D eigenvalue weighted by atomic mass is 9.67. The van der Waals surface area contributed by atoms with Crippen LogP contribution in [0.15, 0.2) is 30.6 Å². The van der Waals surface area contributed by atoms with Gasteiger partial charge in [-0.05, 0) is 61.3 Å². The first-order valence-corrected chi connectivity index (χ1v) is 11.4. The number of hydrogen-bond acceptors (Lipinski definition) is 4. The SMILES string of the molecule is O=C(c1ccc(OC(F)(F)F)cc1)N1CC(c2nncn2CC2CC2)C2(CCCCC2)C1. The molecule has 172 valence electrons. The Balaban J connectivity index is 1.37. The normalized spacial score (nSPS) is 23.0. The molecule has 0 N–H and O–H groups in total. The highest BCUT2D eigenvalue weighted by Crippen LogP contribution is 2.52. The Morgan fingerprint density at radius 3 is 2.50 bits per heavy atom. The Morgan fingerprint density at radius 1 is 1.12 bits per heavy atom. The minimum atomic E-state index is -4.75. The number of carbonyl (C=O) groups excluding carboxylic acids is 1. The molecule has 1 spiro atoms. The molecule has 1 aliphatic heterocycles. The number of nitrogens with zero attached hydrogens (tertiary/aromatic N) is 4. The number of halogens is 3. The maximum absolute atomic E-state index is 13.3. The van der Waals surface area contributed by atoms with Crippen LogP contribution in [-0.4, -0.2) is 45.0 Å². The molecule has 2 aliphatic carbocycles. The molecule has 5 rings (SSSR count). The standard InChI is InChI=1S/C23H27F3N4O2/c24-23(25,26)32-18-8-6-17(7-9-18)21(31)29-13-19(22(14-29)10-2-1-3-11-22)20-28-27-15-30(20)12-16-4-5-16/h6-9,15-16,19H,1-5,10-14H2. The number of benzene rings is 1. The fourth-order valence-electron chi connectivity index (χ4n) is 5.48. The average Bonchev–Trinajstić information content (AvgIpc) is 3.34. The van der Waals surface area contributed by atoms with Gasteiger partial charge in [0.15, 0.2) is 0 Å². The predicted molar refractivity (Wildman–Crippen MR) is 110 cm³/mol. The zero-order valence-corrected chi connectivity index (χ0v) is 17.9. The third-order valence-corrected chi connectivity index (χ3v) is 7.23. The van der Waals surface area contributed by atoms with Crippen LogP contribution in [0.5, 0.6) is 5.75 Å². The zero-order valence-electron chi connectivity index (χ0n) is 17.9. The summed E-state index contributed by atoms with van der Waals surface area (Å²) >= 11 is 0. The monoisotopic (exact) mass is 448 g/mol. The van der Waals surface area contributed by atoms with Gasteiger partial charge in [0.25, 0.3) is 5.91 Å². The van der Waals surface area contributed by atoms with Gasteiger partial charge in [-0.2, -0.15) is 0 Å². The molecule has 1 amide bonds. The van der Waals surface area contributed by atoms with Crippen LogP contribution in [0.3, 0.4) is 0 Å². The van der Waals surface area contributed by atoms with Crippen LogP contribution in [0, 0.1) is 11.3 Å². The molecule has 3 fully saturated rings. The second-order valence-corrected chi connectivity index (χ2v) is 9.52. The van der Waals surface area contributed by atoms with Crippen molar-refractivity contribution in [3.05, 3.63) is 42.0 Å². The van der Waals surface area contributed by atoms with Crippen LogP contribution >= 0.6 is 0 Å². The van der Waals surface area contributed by atoms with Crippen molar-refractivity contribution in [1.82, 2.24) is 19.7 Å². The summed E-state index contributed by atoms with van der Waals surface area (Å²) in [5.74, 6) is 1.31. The second-order valence-electron chi connectivity index (χ2n) is 9.52.